The SMILES string of the molecule is Cc1ccccc1N(CC(=O)N(C)Cc1nc(-c2ccccc2Cl)no1)S(C)(=O)=O. The quantitative estimate of drug-likeness (QED) is 0.551. The van der Waals surface area contributed by atoms with E-state index in [1.165, 1.54) is 4.90 Å². The van der Waals surface area contributed by atoms with Gasteiger partial charge >= 0.3 is 0 Å². The molecule has 2 aromatic carbocycles. The highest BCUT2D eigenvalue weighted by Gasteiger charge is 2.24. The van der Waals surface area contributed by atoms with Gasteiger partial charge in [0.1, 0.15) is 6.54 Å². The first kappa shape index (κ1) is 21.8. The molecule has 30 heavy (non-hydrogen) atoms. The fourth-order valence-electron chi connectivity index (χ4n) is 2.83. The van der Waals surface area contributed by atoms with E-state index in [0.717, 1.165) is 16.1 Å². The molecule has 1 heterocycles. The molecule has 8 nitrogen and oxygen atoms in total. The Bertz CT molecular complexity index is 1160. The van der Waals surface area contributed by atoms with E-state index >= 15 is 0 Å². The lowest BCUT2D eigenvalue weighted by Crippen LogP contribution is -2.41. The van der Waals surface area contributed by atoms with Gasteiger partial charge in [-0.15, -0.1) is 0 Å². The van der Waals surface area contributed by atoms with Gasteiger partial charge in [-0.05, 0) is 30.7 Å². The summed E-state index contributed by atoms with van der Waals surface area (Å²) >= 11 is 6.15. The van der Waals surface area contributed by atoms with Crippen molar-refractivity contribution >= 4 is 33.2 Å². The zero-order valence-electron chi connectivity index (χ0n) is 16.7. The van der Waals surface area contributed by atoms with Crippen LogP contribution in [0.25, 0.3) is 11.4 Å². The Balaban J connectivity index is 1.74. The van der Waals surface area contributed by atoms with E-state index in [1.807, 2.05) is 0 Å². The maximum absolute atomic E-state index is 12.7. The molecular weight excluding hydrogens is 428 g/mol. The van der Waals surface area contributed by atoms with Crippen LogP contribution >= 0.6 is 11.6 Å². The number of halogens is 1. The molecule has 10 heteroatoms. The average Bonchev–Trinajstić information content (AvgIpc) is 3.14. The molecular formula is C20H21ClN4O4S. The third-order valence-electron chi connectivity index (χ3n) is 4.44. The van der Waals surface area contributed by atoms with Gasteiger partial charge in [0.05, 0.1) is 23.5 Å². The Morgan fingerprint density at radius 2 is 1.80 bits per heavy atom. The van der Waals surface area contributed by atoms with Gasteiger partial charge in [-0.1, -0.05) is 47.1 Å². The topological polar surface area (TPSA) is 96.6 Å². The number of para-hydroxylation sites is 1. The van der Waals surface area contributed by atoms with Crippen molar-refractivity contribution in [2.75, 3.05) is 24.2 Å². The van der Waals surface area contributed by atoms with Crippen LogP contribution in [0.4, 0.5) is 5.69 Å². The van der Waals surface area contributed by atoms with Crippen LogP contribution in [0.2, 0.25) is 5.02 Å². The number of carbonyl (C=O) groups excluding carboxylic acids is 1. The Hall–Kier alpha value is -2.91. The Labute approximate surface area is 180 Å². The highest BCUT2D eigenvalue weighted by molar-refractivity contribution is 7.92. The first-order chi connectivity index (χ1) is 14.2. The lowest BCUT2D eigenvalue weighted by Gasteiger charge is -2.25. The fourth-order valence-corrected chi connectivity index (χ4v) is 3.96. The third kappa shape index (κ3) is 4.98. The average molecular weight is 449 g/mol. The van der Waals surface area contributed by atoms with Crippen molar-refractivity contribution < 1.29 is 17.7 Å². The molecule has 0 atom stereocenters. The number of hydrogen-bond donors (Lipinski definition) is 0. The van der Waals surface area contributed by atoms with Gasteiger partial charge in [-0.25, -0.2) is 8.42 Å². The highest BCUT2D eigenvalue weighted by Crippen LogP contribution is 2.25. The molecule has 0 radical (unpaired) electrons. The summed E-state index contributed by atoms with van der Waals surface area (Å²) in [7, 11) is -2.12. The number of rotatable bonds is 7. The van der Waals surface area contributed by atoms with E-state index in [4.69, 9.17) is 16.1 Å². The maximum atomic E-state index is 12.7. The van der Waals surface area contributed by atoms with E-state index in [9.17, 15) is 13.2 Å². The lowest BCUT2D eigenvalue weighted by molar-refractivity contribution is -0.129. The molecule has 0 saturated carbocycles. The van der Waals surface area contributed by atoms with Crippen LogP contribution in [0.1, 0.15) is 11.5 Å². The van der Waals surface area contributed by atoms with Crippen LogP contribution in [0.15, 0.2) is 53.1 Å². The normalized spacial score (nSPS) is 11.3. The van der Waals surface area contributed by atoms with Gasteiger partial charge in [0.2, 0.25) is 27.6 Å². The number of benzene rings is 2. The molecule has 0 spiro atoms. The van der Waals surface area contributed by atoms with Crippen molar-refractivity contribution in [2.24, 2.45) is 0 Å². The summed E-state index contributed by atoms with van der Waals surface area (Å²) in [6.45, 7) is 1.48. The fraction of sp³-hybridized carbons (Fsp3) is 0.250. The smallest absolute Gasteiger partial charge is 0.246 e. The molecule has 1 amide bonds. The Kier molecular flexibility index (Phi) is 6.42. The maximum Gasteiger partial charge on any atom is 0.246 e. The molecule has 158 valence electrons. The third-order valence-corrected chi connectivity index (χ3v) is 5.90. The zero-order chi connectivity index (χ0) is 21.9. The van der Waals surface area contributed by atoms with Crippen molar-refractivity contribution in [3.05, 3.63) is 65.0 Å². The largest absolute Gasteiger partial charge is 0.337 e. The van der Waals surface area contributed by atoms with E-state index < -0.39 is 15.9 Å². The molecule has 0 aliphatic carbocycles. The lowest BCUT2D eigenvalue weighted by atomic mass is 10.2. The predicted octanol–water partition coefficient (Wildman–Crippen LogP) is 3.12. The summed E-state index contributed by atoms with van der Waals surface area (Å²) in [5.74, 6) is 0.109. The number of sulfonamides is 1. The van der Waals surface area contributed by atoms with Crippen LogP contribution < -0.4 is 4.31 Å². The second-order valence-corrected chi connectivity index (χ2v) is 9.11. The Morgan fingerprint density at radius 1 is 1.13 bits per heavy atom. The summed E-state index contributed by atoms with van der Waals surface area (Å²) in [5, 5.41) is 4.39. The molecule has 0 bridgehead atoms. The monoisotopic (exact) mass is 448 g/mol. The molecule has 0 N–H and O–H groups in total. The first-order valence-electron chi connectivity index (χ1n) is 9.01. The van der Waals surface area contributed by atoms with Crippen LogP contribution in [-0.4, -0.2) is 49.2 Å². The van der Waals surface area contributed by atoms with E-state index in [0.29, 0.717) is 22.1 Å². The molecule has 0 aliphatic rings. The van der Waals surface area contributed by atoms with Crippen molar-refractivity contribution in [3.8, 4) is 11.4 Å². The van der Waals surface area contributed by atoms with Gasteiger partial charge in [-0.2, -0.15) is 4.98 Å². The molecule has 1 aromatic heterocycles. The number of aromatic nitrogens is 2. The van der Waals surface area contributed by atoms with Crippen molar-refractivity contribution in [1.82, 2.24) is 15.0 Å². The number of hydrogen-bond acceptors (Lipinski definition) is 6. The number of aryl methyl sites for hydroxylation is 1. The summed E-state index contributed by atoms with van der Waals surface area (Å²) in [4.78, 5) is 18.3. The number of anilines is 1. The number of carbonyl (C=O) groups is 1. The van der Waals surface area contributed by atoms with E-state index in [-0.39, 0.29) is 19.0 Å². The molecule has 0 aliphatic heterocycles. The van der Waals surface area contributed by atoms with Gasteiger partial charge in [0, 0.05) is 12.6 Å². The number of amides is 1. The first-order valence-corrected chi connectivity index (χ1v) is 11.2. The second-order valence-electron chi connectivity index (χ2n) is 6.80. The van der Waals surface area contributed by atoms with Gasteiger partial charge in [0.25, 0.3) is 0 Å². The predicted molar refractivity (Wildman–Crippen MR) is 115 cm³/mol. The summed E-state index contributed by atoms with van der Waals surface area (Å²) in [6.07, 6.45) is 1.07. The minimum absolute atomic E-state index is 0.0294. The number of nitrogens with zero attached hydrogens (tertiary/aromatic N) is 4. The van der Waals surface area contributed by atoms with Gasteiger partial charge < -0.3 is 9.42 Å². The van der Waals surface area contributed by atoms with Gasteiger partial charge in [-0.3, -0.25) is 9.10 Å². The second kappa shape index (κ2) is 8.85. The molecule has 0 saturated heterocycles. The van der Waals surface area contributed by atoms with Gasteiger partial charge in [0.15, 0.2) is 0 Å². The standard InChI is InChI=1S/C20H21ClN4O4S/c1-14-8-4-7-11-17(14)25(30(3,27)28)13-19(26)24(2)12-18-22-20(23-29-18)15-9-5-6-10-16(15)21/h4-11H,12-13H2,1-3H3. The molecule has 3 rings (SSSR count). The van der Waals surface area contributed by atoms with Crippen molar-refractivity contribution in [3.63, 3.8) is 0 Å². The van der Waals surface area contributed by atoms with Crippen LogP contribution in [0.3, 0.4) is 0 Å². The minimum Gasteiger partial charge on any atom is -0.337 e. The molecule has 0 fully saturated rings. The molecule has 3 aromatic rings. The molecule has 0 unspecified atom stereocenters. The van der Waals surface area contributed by atoms with Crippen LogP contribution in [0.5, 0.6) is 0 Å². The van der Waals surface area contributed by atoms with Crippen molar-refractivity contribution in [2.45, 2.75) is 13.5 Å². The van der Waals surface area contributed by atoms with Crippen LogP contribution in [-0.2, 0) is 21.4 Å². The minimum atomic E-state index is -3.66. The summed E-state index contributed by atoms with van der Waals surface area (Å²) in [6, 6.07) is 14.1. The van der Waals surface area contributed by atoms with E-state index in [2.05, 4.69) is 10.1 Å². The Morgan fingerprint density at radius 3 is 2.47 bits per heavy atom. The number of likely N-dealkylation sites (N-methyl/N-ethyl adjacent to an activating group) is 1. The van der Waals surface area contributed by atoms with Crippen molar-refractivity contribution in [1.29, 1.82) is 0 Å². The van der Waals surface area contributed by atoms with E-state index in [1.54, 1.807) is 62.5 Å². The summed E-state index contributed by atoms with van der Waals surface area (Å²) < 4.78 is 30.9. The van der Waals surface area contributed by atoms with Crippen LogP contribution in [0, 0.1) is 6.92 Å². The summed E-state index contributed by atoms with van der Waals surface area (Å²) in [5.41, 5.74) is 1.83. The zero-order valence-corrected chi connectivity index (χ0v) is 18.3. The highest BCUT2D eigenvalue weighted by atomic mass is 35.5.